The third kappa shape index (κ3) is 3.94. The van der Waals surface area contributed by atoms with Crippen LogP contribution in [0.15, 0.2) is 18.2 Å². The average Bonchev–Trinajstić information content (AvgIpc) is 2.41. The monoisotopic (exact) mass is 300 g/mol. The molecule has 0 spiro atoms. The summed E-state index contributed by atoms with van der Waals surface area (Å²) in [5.74, 6) is 1.48. The fourth-order valence-electron chi connectivity index (χ4n) is 2.31. The Bertz CT molecular complexity index is 457. The fraction of sp³-hybridized carbons (Fsp3) is 0.571. The van der Waals surface area contributed by atoms with Crippen LogP contribution in [0.3, 0.4) is 0 Å². The van der Waals surface area contributed by atoms with Crippen molar-refractivity contribution in [2.45, 2.75) is 25.8 Å². The van der Waals surface area contributed by atoms with Crippen LogP contribution >= 0.6 is 11.6 Å². The highest BCUT2D eigenvalue weighted by atomic mass is 35.5. The molecule has 5 heteroatoms. The Hall–Kier alpha value is -0.580. The molecule has 1 atom stereocenters. The van der Waals surface area contributed by atoms with Gasteiger partial charge < -0.3 is 10.6 Å². The van der Waals surface area contributed by atoms with E-state index >= 15 is 0 Å². The van der Waals surface area contributed by atoms with Gasteiger partial charge in [-0.15, -0.1) is 0 Å². The molecule has 3 nitrogen and oxygen atoms in total. The Kier molecular flexibility index (Phi) is 5.25. The van der Waals surface area contributed by atoms with Gasteiger partial charge in [-0.3, -0.25) is 4.21 Å². The number of benzene rings is 1. The summed E-state index contributed by atoms with van der Waals surface area (Å²) in [7, 11) is -0.658. The minimum absolute atomic E-state index is 0.179. The lowest BCUT2D eigenvalue weighted by Crippen LogP contribution is -2.38. The van der Waals surface area contributed by atoms with Crippen molar-refractivity contribution in [3.8, 4) is 0 Å². The number of halogens is 1. The minimum atomic E-state index is -0.658. The molecule has 0 amide bonds. The fourth-order valence-corrected chi connectivity index (χ4v) is 3.53. The van der Waals surface area contributed by atoms with Crippen LogP contribution < -0.4 is 10.6 Å². The molecular formula is C14H21ClN2OS. The predicted octanol–water partition coefficient (Wildman–Crippen LogP) is 2.19. The maximum absolute atomic E-state index is 11.5. The van der Waals surface area contributed by atoms with Gasteiger partial charge in [0, 0.05) is 52.1 Å². The van der Waals surface area contributed by atoms with Crippen molar-refractivity contribution in [1.29, 1.82) is 0 Å². The van der Waals surface area contributed by atoms with E-state index in [1.807, 2.05) is 12.1 Å². The lowest BCUT2D eigenvalue weighted by atomic mass is 10.0. The maximum atomic E-state index is 11.5. The summed E-state index contributed by atoms with van der Waals surface area (Å²) in [5, 5.41) is 0.746. The van der Waals surface area contributed by atoms with Gasteiger partial charge in [0.2, 0.25) is 0 Å². The molecular weight excluding hydrogens is 280 g/mol. The van der Waals surface area contributed by atoms with Crippen LogP contribution in [0.2, 0.25) is 5.02 Å². The van der Waals surface area contributed by atoms with Crippen LogP contribution in [-0.4, -0.2) is 34.8 Å². The Balaban J connectivity index is 2.21. The van der Waals surface area contributed by atoms with Gasteiger partial charge in [0.05, 0.1) is 0 Å². The molecule has 1 aromatic carbocycles. The normalized spacial score (nSPS) is 18.6. The zero-order chi connectivity index (χ0) is 13.8. The van der Waals surface area contributed by atoms with E-state index in [2.05, 4.69) is 17.9 Å². The van der Waals surface area contributed by atoms with Crippen LogP contribution in [0.5, 0.6) is 0 Å². The van der Waals surface area contributed by atoms with Crippen molar-refractivity contribution in [3.63, 3.8) is 0 Å². The van der Waals surface area contributed by atoms with Crippen molar-refractivity contribution in [3.05, 3.63) is 28.8 Å². The van der Waals surface area contributed by atoms with E-state index in [-0.39, 0.29) is 6.04 Å². The number of nitrogens with two attached hydrogens (primary N) is 1. The van der Waals surface area contributed by atoms with Gasteiger partial charge in [0.1, 0.15) is 0 Å². The summed E-state index contributed by atoms with van der Waals surface area (Å²) in [6.45, 7) is 3.77. The Morgan fingerprint density at radius 1 is 1.42 bits per heavy atom. The predicted molar refractivity (Wildman–Crippen MR) is 83.5 cm³/mol. The molecule has 2 rings (SSSR count). The van der Waals surface area contributed by atoms with E-state index in [4.69, 9.17) is 17.3 Å². The highest BCUT2D eigenvalue weighted by Crippen LogP contribution is 2.27. The summed E-state index contributed by atoms with van der Waals surface area (Å²) in [6.07, 6.45) is 1.83. The first-order valence-electron chi connectivity index (χ1n) is 6.74. The largest absolute Gasteiger partial charge is 0.369 e. The van der Waals surface area contributed by atoms with Gasteiger partial charge in [0.25, 0.3) is 0 Å². The quantitative estimate of drug-likeness (QED) is 0.927. The molecule has 0 radical (unpaired) electrons. The first kappa shape index (κ1) is 14.8. The van der Waals surface area contributed by atoms with E-state index in [0.29, 0.717) is 0 Å². The Morgan fingerprint density at radius 2 is 2.11 bits per heavy atom. The van der Waals surface area contributed by atoms with Gasteiger partial charge in [-0.2, -0.15) is 0 Å². The van der Waals surface area contributed by atoms with Crippen molar-refractivity contribution in [2.24, 2.45) is 5.73 Å². The number of nitrogens with zero attached hydrogens (tertiary/aromatic N) is 1. The molecule has 19 heavy (non-hydrogen) atoms. The van der Waals surface area contributed by atoms with Gasteiger partial charge in [-0.1, -0.05) is 24.6 Å². The van der Waals surface area contributed by atoms with Crippen LogP contribution in [0, 0.1) is 0 Å². The van der Waals surface area contributed by atoms with Gasteiger partial charge in [-0.05, 0) is 30.5 Å². The number of hydrogen-bond donors (Lipinski definition) is 1. The SMILES string of the molecule is CCC(N)Cc1ccc(Cl)cc1N1CCS(=O)CC1. The van der Waals surface area contributed by atoms with E-state index in [9.17, 15) is 4.21 Å². The topological polar surface area (TPSA) is 46.3 Å². The van der Waals surface area contributed by atoms with Crippen molar-refractivity contribution in [1.82, 2.24) is 0 Å². The number of rotatable bonds is 4. The summed E-state index contributed by atoms with van der Waals surface area (Å²) >= 11 is 6.12. The average molecular weight is 301 g/mol. The van der Waals surface area contributed by atoms with Crippen molar-refractivity contribution < 1.29 is 4.21 Å². The van der Waals surface area contributed by atoms with Gasteiger partial charge in [-0.25, -0.2) is 0 Å². The van der Waals surface area contributed by atoms with Crippen molar-refractivity contribution >= 4 is 28.1 Å². The molecule has 0 saturated carbocycles. The van der Waals surface area contributed by atoms with E-state index < -0.39 is 10.8 Å². The van der Waals surface area contributed by atoms with Crippen LogP contribution in [-0.2, 0) is 17.2 Å². The van der Waals surface area contributed by atoms with E-state index in [1.54, 1.807) is 0 Å². The maximum Gasteiger partial charge on any atom is 0.0426 e. The second kappa shape index (κ2) is 6.73. The van der Waals surface area contributed by atoms with Crippen LogP contribution in [0.4, 0.5) is 5.69 Å². The van der Waals surface area contributed by atoms with Crippen LogP contribution in [0.25, 0.3) is 0 Å². The summed E-state index contributed by atoms with van der Waals surface area (Å²) in [6, 6.07) is 6.18. The zero-order valence-electron chi connectivity index (χ0n) is 11.3. The first-order chi connectivity index (χ1) is 9.10. The zero-order valence-corrected chi connectivity index (χ0v) is 12.8. The number of hydrogen-bond acceptors (Lipinski definition) is 3. The summed E-state index contributed by atoms with van der Waals surface area (Å²) < 4.78 is 11.5. The van der Waals surface area contributed by atoms with Gasteiger partial charge >= 0.3 is 0 Å². The molecule has 1 aromatic rings. The second-order valence-electron chi connectivity index (χ2n) is 4.98. The smallest absolute Gasteiger partial charge is 0.0426 e. The second-order valence-corrected chi connectivity index (χ2v) is 7.11. The van der Waals surface area contributed by atoms with Gasteiger partial charge in [0.15, 0.2) is 0 Å². The minimum Gasteiger partial charge on any atom is -0.369 e. The molecule has 1 aliphatic rings. The number of anilines is 1. The van der Waals surface area contributed by atoms with Crippen LogP contribution in [0.1, 0.15) is 18.9 Å². The molecule has 0 aromatic heterocycles. The molecule has 1 aliphatic heterocycles. The Morgan fingerprint density at radius 3 is 2.74 bits per heavy atom. The molecule has 1 unspecified atom stereocenters. The molecule has 1 fully saturated rings. The Labute approximate surface area is 122 Å². The molecule has 0 aliphatic carbocycles. The third-order valence-electron chi connectivity index (χ3n) is 3.57. The lowest BCUT2D eigenvalue weighted by molar-refractivity contribution is 0.643. The highest BCUT2D eigenvalue weighted by molar-refractivity contribution is 7.85. The summed E-state index contributed by atoms with van der Waals surface area (Å²) in [5.41, 5.74) is 8.47. The lowest BCUT2D eigenvalue weighted by Gasteiger charge is -2.31. The molecule has 1 saturated heterocycles. The molecule has 106 valence electrons. The first-order valence-corrected chi connectivity index (χ1v) is 8.60. The van der Waals surface area contributed by atoms with E-state index in [0.717, 1.165) is 48.1 Å². The van der Waals surface area contributed by atoms with Crippen molar-refractivity contribution in [2.75, 3.05) is 29.5 Å². The standard InChI is InChI=1S/C14H21ClN2OS/c1-2-13(16)9-11-3-4-12(15)10-14(11)17-5-7-19(18)8-6-17/h3-4,10,13H,2,5-9,16H2,1H3. The highest BCUT2D eigenvalue weighted by Gasteiger charge is 2.19. The summed E-state index contributed by atoms with van der Waals surface area (Å²) in [4.78, 5) is 2.28. The molecule has 2 N–H and O–H groups in total. The molecule has 1 heterocycles. The third-order valence-corrected chi connectivity index (χ3v) is 5.08. The molecule has 0 bridgehead atoms. The van der Waals surface area contributed by atoms with E-state index in [1.165, 1.54) is 5.56 Å².